The lowest BCUT2D eigenvalue weighted by Crippen LogP contribution is -2.44. The molecule has 0 unspecified atom stereocenters. The molecule has 2 saturated heterocycles. The van der Waals surface area contributed by atoms with Crippen LogP contribution in [0.3, 0.4) is 0 Å². The number of rotatable bonds is 7. The van der Waals surface area contributed by atoms with Crippen LogP contribution in [0.2, 0.25) is 0 Å². The Labute approximate surface area is 143 Å². The molecule has 5 nitrogen and oxygen atoms in total. The van der Waals surface area contributed by atoms with E-state index in [2.05, 4.69) is 0 Å². The first-order valence-electron chi connectivity index (χ1n) is 8.99. The van der Waals surface area contributed by atoms with E-state index >= 15 is 0 Å². The minimum atomic E-state index is 0.0804. The molecular formula is C19H27NO4. The quantitative estimate of drug-likeness (QED) is 0.769. The first-order chi connectivity index (χ1) is 11.8. The van der Waals surface area contributed by atoms with Gasteiger partial charge in [0.15, 0.2) is 0 Å². The van der Waals surface area contributed by atoms with E-state index < -0.39 is 0 Å². The Morgan fingerprint density at radius 2 is 1.92 bits per heavy atom. The van der Waals surface area contributed by atoms with Crippen LogP contribution in [0.4, 0.5) is 0 Å². The zero-order valence-corrected chi connectivity index (χ0v) is 14.2. The molecule has 0 aliphatic carbocycles. The van der Waals surface area contributed by atoms with Crippen molar-refractivity contribution in [3.05, 3.63) is 30.3 Å². The number of hydrogen-bond acceptors (Lipinski definition) is 4. The van der Waals surface area contributed by atoms with Gasteiger partial charge in [0, 0.05) is 32.3 Å². The molecule has 2 aliphatic rings. The molecule has 24 heavy (non-hydrogen) atoms. The molecular weight excluding hydrogens is 306 g/mol. The number of hydrogen-bond donors (Lipinski definition) is 0. The van der Waals surface area contributed by atoms with Gasteiger partial charge in [-0.25, -0.2) is 0 Å². The summed E-state index contributed by atoms with van der Waals surface area (Å²) in [5, 5.41) is 0. The van der Waals surface area contributed by atoms with Gasteiger partial charge in [0.1, 0.15) is 12.4 Å². The van der Waals surface area contributed by atoms with Crippen molar-refractivity contribution in [1.29, 1.82) is 0 Å². The highest BCUT2D eigenvalue weighted by Gasteiger charge is 2.29. The van der Waals surface area contributed by atoms with Gasteiger partial charge in [-0.3, -0.25) is 4.79 Å². The van der Waals surface area contributed by atoms with E-state index in [0.29, 0.717) is 32.9 Å². The summed E-state index contributed by atoms with van der Waals surface area (Å²) in [6.07, 6.45) is 3.94. The number of amides is 1. The second kappa shape index (κ2) is 9.04. The van der Waals surface area contributed by atoms with E-state index in [1.165, 1.54) is 0 Å². The van der Waals surface area contributed by atoms with Crippen molar-refractivity contribution in [2.45, 2.75) is 31.8 Å². The largest absolute Gasteiger partial charge is 0.492 e. The van der Waals surface area contributed by atoms with Gasteiger partial charge in [-0.2, -0.15) is 0 Å². The molecule has 5 heteroatoms. The molecule has 1 aromatic carbocycles. The molecule has 2 heterocycles. The maximum atomic E-state index is 12.9. The molecule has 0 bridgehead atoms. The molecule has 0 aromatic heterocycles. The summed E-state index contributed by atoms with van der Waals surface area (Å²) in [4.78, 5) is 14.8. The van der Waals surface area contributed by atoms with Crippen molar-refractivity contribution in [2.75, 3.05) is 39.5 Å². The van der Waals surface area contributed by atoms with E-state index in [-0.39, 0.29) is 17.9 Å². The van der Waals surface area contributed by atoms with Crippen molar-refractivity contribution in [3.63, 3.8) is 0 Å². The summed E-state index contributed by atoms with van der Waals surface area (Å²) in [7, 11) is 0. The number of para-hydroxylation sites is 1. The first-order valence-corrected chi connectivity index (χ1v) is 8.99. The summed E-state index contributed by atoms with van der Waals surface area (Å²) in [6.45, 7) is 3.96. The standard InChI is InChI=1S/C19H27NO4/c21-19(16-8-12-22-13-9-16)20(15-18-7-4-11-23-18)10-14-24-17-5-2-1-3-6-17/h1-3,5-6,16,18H,4,7-15H2/t18-/m1/s1. The Bertz CT molecular complexity index is 495. The summed E-state index contributed by atoms with van der Waals surface area (Å²) >= 11 is 0. The Morgan fingerprint density at radius 1 is 1.12 bits per heavy atom. The minimum Gasteiger partial charge on any atom is -0.492 e. The highest BCUT2D eigenvalue weighted by Crippen LogP contribution is 2.20. The van der Waals surface area contributed by atoms with Gasteiger partial charge in [0.25, 0.3) is 0 Å². The predicted octanol–water partition coefficient (Wildman–Crippen LogP) is 2.50. The Hall–Kier alpha value is -1.59. The Morgan fingerprint density at radius 3 is 2.62 bits per heavy atom. The maximum absolute atomic E-state index is 12.9. The third-order valence-electron chi connectivity index (χ3n) is 4.70. The van der Waals surface area contributed by atoms with E-state index in [1.807, 2.05) is 35.2 Å². The molecule has 0 radical (unpaired) electrons. The minimum absolute atomic E-state index is 0.0804. The van der Waals surface area contributed by atoms with E-state index in [0.717, 1.165) is 38.0 Å². The van der Waals surface area contributed by atoms with Crippen LogP contribution in [0.1, 0.15) is 25.7 Å². The number of carbonyl (C=O) groups excluding carboxylic acids is 1. The number of ether oxygens (including phenoxy) is 3. The van der Waals surface area contributed by atoms with Crippen LogP contribution < -0.4 is 4.74 Å². The molecule has 1 atom stereocenters. The lowest BCUT2D eigenvalue weighted by atomic mass is 9.98. The van der Waals surface area contributed by atoms with Crippen molar-refractivity contribution in [3.8, 4) is 5.75 Å². The Kier molecular flexibility index (Phi) is 6.49. The fraction of sp³-hybridized carbons (Fsp3) is 0.632. The maximum Gasteiger partial charge on any atom is 0.226 e. The van der Waals surface area contributed by atoms with Gasteiger partial charge in [-0.1, -0.05) is 18.2 Å². The van der Waals surface area contributed by atoms with Crippen LogP contribution in [0, 0.1) is 5.92 Å². The van der Waals surface area contributed by atoms with Gasteiger partial charge in [-0.05, 0) is 37.8 Å². The van der Waals surface area contributed by atoms with Crippen LogP contribution in [0.5, 0.6) is 5.75 Å². The fourth-order valence-electron chi connectivity index (χ4n) is 3.32. The topological polar surface area (TPSA) is 48.0 Å². The summed E-state index contributed by atoms with van der Waals surface area (Å²) in [5.74, 6) is 1.15. The number of carbonyl (C=O) groups is 1. The normalized spacial score (nSPS) is 21.6. The first kappa shape index (κ1) is 17.2. The summed E-state index contributed by atoms with van der Waals surface area (Å²) in [6, 6.07) is 9.74. The molecule has 3 rings (SSSR count). The van der Waals surface area contributed by atoms with Crippen molar-refractivity contribution in [2.24, 2.45) is 5.92 Å². The van der Waals surface area contributed by atoms with Crippen LogP contribution in [-0.2, 0) is 14.3 Å². The Balaban J connectivity index is 1.54. The lowest BCUT2D eigenvalue weighted by Gasteiger charge is -2.31. The third kappa shape index (κ3) is 4.95. The third-order valence-corrected chi connectivity index (χ3v) is 4.70. The van der Waals surface area contributed by atoms with Crippen molar-refractivity contribution >= 4 is 5.91 Å². The molecule has 0 N–H and O–H groups in total. The number of benzene rings is 1. The monoisotopic (exact) mass is 333 g/mol. The molecule has 132 valence electrons. The molecule has 1 amide bonds. The van der Waals surface area contributed by atoms with Gasteiger partial charge < -0.3 is 19.1 Å². The van der Waals surface area contributed by atoms with E-state index in [1.54, 1.807) is 0 Å². The van der Waals surface area contributed by atoms with E-state index in [4.69, 9.17) is 14.2 Å². The zero-order valence-electron chi connectivity index (χ0n) is 14.2. The van der Waals surface area contributed by atoms with Crippen LogP contribution in [0.15, 0.2) is 30.3 Å². The van der Waals surface area contributed by atoms with Crippen LogP contribution >= 0.6 is 0 Å². The van der Waals surface area contributed by atoms with Crippen LogP contribution in [-0.4, -0.2) is 56.4 Å². The smallest absolute Gasteiger partial charge is 0.226 e. The van der Waals surface area contributed by atoms with E-state index in [9.17, 15) is 4.79 Å². The van der Waals surface area contributed by atoms with Gasteiger partial charge in [0.05, 0.1) is 12.6 Å². The van der Waals surface area contributed by atoms with Crippen molar-refractivity contribution in [1.82, 2.24) is 4.90 Å². The number of nitrogens with zero attached hydrogens (tertiary/aromatic N) is 1. The van der Waals surface area contributed by atoms with Crippen LogP contribution in [0.25, 0.3) is 0 Å². The molecule has 2 fully saturated rings. The average molecular weight is 333 g/mol. The SMILES string of the molecule is O=C(C1CCOCC1)N(CCOc1ccccc1)C[C@H]1CCCO1. The van der Waals surface area contributed by atoms with Gasteiger partial charge in [0.2, 0.25) is 5.91 Å². The van der Waals surface area contributed by atoms with Gasteiger partial charge >= 0.3 is 0 Å². The highest BCUT2D eigenvalue weighted by atomic mass is 16.5. The zero-order chi connectivity index (χ0) is 16.6. The summed E-state index contributed by atoms with van der Waals surface area (Å²) in [5.41, 5.74) is 0. The van der Waals surface area contributed by atoms with Gasteiger partial charge in [-0.15, -0.1) is 0 Å². The fourth-order valence-corrected chi connectivity index (χ4v) is 3.32. The highest BCUT2D eigenvalue weighted by molar-refractivity contribution is 5.79. The van der Waals surface area contributed by atoms with Crippen molar-refractivity contribution < 1.29 is 19.0 Å². The molecule has 1 aromatic rings. The lowest BCUT2D eigenvalue weighted by molar-refractivity contribution is -0.140. The molecule has 0 saturated carbocycles. The summed E-state index contributed by atoms with van der Waals surface area (Å²) < 4.78 is 16.9. The molecule has 2 aliphatic heterocycles. The second-order valence-corrected chi connectivity index (χ2v) is 6.47. The predicted molar refractivity (Wildman–Crippen MR) is 91.0 cm³/mol. The average Bonchev–Trinajstić information content (AvgIpc) is 3.15. The second-order valence-electron chi connectivity index (χ2n) is 6.47. The molecule has 0 spiro atoms.